The molecule has 2 aromatic rings. The van der Waals surface area contributed by atoms with Crippen LogP contribution in [0.3, 0.4) is 0 Å². The Balaban J connectivity index is 2.23. The van der Waals surface area contributed by atoms with Crippen LogP contribution in [0, 0.1) is 6.92 Å². The monoisotopic (exact) mass is 243 g/mol. The van der Waals surface area contributed by atoms with Crippen molar-refractivity contribution in [1.29, 1.82) is 0 Å². The van der Waals surface area contributed by atoms with Gasteiger partial charge in [0.05, 0.1) is 6.42 Å². The molecule has 0 bridgehead atoms. The third kappa shape index (κ3) is 1.47. The molecule has 0 saturated heterocycles. The third-order valence-corrected chi connectivity index (χ3v) is 4.27. The van der Waals surface area contributed by atoms with E-state index >= 15 is 0 Å². The molecule has 0 radical (unpaired) electrons. The van der Waals surface area contributed by atoms with Gasteiger partial charge < -0.3 is 9.67 Å². The Bertz CT molecular complexity index is 635. The van der Waals surface area contributed by atoms with Crippen molar-refractivity contribution in [3.8, 4) is 0 Å². The van der Waals surface area contributed by atoms with Gasteiger partial charge in [0.2, 0.25) is 0 Å². The van der Waals surface area contributed by atoms with Crippen LogP contribution in [0.2, 0.25) is 0 Å². The Kier molecular flexibility index (Phi) is 2.27. The minimum atomic E-state index is -0.695. The fraction of sp³-hybridized carbons (Fsp3) is 0.400. The second-order valence-corrected chi connectivity index (χ2v) is 5.39. The largest absolute Gasteiger partial charge is 0.481 e. The number of hydrogen-bond donors (Lipinski definition) is 1. The number of benzene rings is 1. The number of para-hydroxylation sites is 1. The van der Waals surface area contributed by atoms with Crippen LogP contribution >= 0.6 is 0 Å². The standard InChI is InChI=1S/C15H17NO2/c1-10-14(15(7-8-15)9-13(17)18)11-5-3-4-6-12(11)16(10)2/h3-6H,7-9H2,1-2H3,(H,17,18). The summed E-state index contributed by atoms with van der Waals surface area (Å²) >= 11 is 0. The van der Waals surface area contributed by atoms with Gasteiger partial charge in [-0.25, -0.2) is 0 Å². The molecule has 0 aliphatic heterocycles. The molecule has 3 nitrogen and oxygen atoms in total. The second kappa shape index (κ2) is 3.61. The highest BCUT2D eigenvalue weighted by Crippen LogP contribution is 2.54. The van der Waals surface area contributed by atoms with Crippen molar-refractivity contribution in [2.75, 3.05) is 0 Å². The van der Waals surface area contributed by atoms with Crippen LogP contribution < -0.4 is 0 Å². The molecule has 0 unspecified atom stereocenters. The molecule has 94 valence electrons. The van der Waals surface area contributed by atoms with Crippen molar-refractivity contribution in [1.82, 2.24) is 4.57 Å². The Labute approximate surface area is 106 Å². The van der Waals surface area contributed by atoms with E-state index in [1.807, 2.05) is 12.1 Å². The summed E-state index contributed by atoms with van der Waals surface area (Å²) in [5.74, 6) is -0.695. The lowest BCUT2D eigenvalue weighted by Crippen LogP contribution is -2.14. The van der Waals surface area contributed by atoms with E-state index in [4.69, 9.17) is 5.11 Å². The zero-order valence-corrected chi connectivity index (χ0v) is 10.7. The van der Waals surface area contributed by atoms with Crippen molar-refractivity contribution in [2.24, 2.45) is 7.05 Å². The molecule has 3 rings (SSSR count). The molecule has 1 heterocycles. The highest BCUT2D eigenvalue weighted by Gasteiger charge is 2.48. The van der Waals surface area contributed by atoms with E-state index in [2.05, 4.69) is 30.7 Å². The Morgan fingerprint density at radius 3 is 2.67 bits per heavy atom. The number of aliphatic carboxylic acids is 1. The van der Waals surface area contributed by atoms with E-state index in [1.165, 1.54) is 22.2 Å². The molecule has 0 spiro atoms. The van der Waals surface area contributed by atoms with Gasteiger partial charge in [0.1, 0.15) is 0 Å². The fourth-order valence-electron chi connectivity index (χ4n) is 3.15. The average molecular weight is 243 g/mol. The number of aromatic nitrogens is 1. The van der Waals surface area contributed by atoms with Crippen molar-refractivity contribution in [3.63, 3.8) is 0 Å². The maximum absolute atomic E-state index is 11.1. The second-order valence-electron chi connectivity index (χ2n) is 5.39. The van der Waals surface area contributed by atoms with E-state index in [1.54, 1.807) is 0 Å². The van der Waals surface area contributed by atoms with E-state index in [9.17, 15) is 4.79 Å². The number of rotatable bonds is 3. The van der Waals surface area contributed by atoms with Crippen LogP contribution in [-0.2, 0) is 17.3 Å². The third-order valence-electron chi connectivity index (χ3n) is 4.27. The van der Waals surface area contributed by atoms with Gasteiger partial charge in [0.25, 0.3) is 0 Å². The average Bonchev–Trinajstić information content (AvgIpc) is 3.03. The molecule has 1 aromatic heterocycles. The first-order chi connectivity index (χ1) is 8.55. The molecule has 1 saturated carbocycles. The van der Waals surface area contributed by atoms with E-state index < -0.39 is 5.97 Å². The van der Waals surface area contributed by atoms with Crippen LogP contribution in [0.4, 0.5) is 0 Å². The summed E-state index contributed by atoms with van der Waals surface area (Å²) in [6.45, 7) is 2.09. The lowest BCUT2D eigenvalue weighted by atomic mass is 9.90. The first-order valence-electron chi connectivity index (χ1n) is 6.31. The quantitative estimate of drug-likeness (QED) is 0.900. The lowest BCUT2D eigenvalue weighted by molar-refractivity contribution is -0.137. The van der Waals surface area contributed by atoms with Gasteiger partial charge in [-0.3, -0.25) is 4.79 Å². The van der Waals surface area contributed by atoms with E-state index in [-0.39, 0.29) is 11.8 Å². The van der Waals surface area contributed by atoms with E-state index in [0.717, 1.165) is 12.8 Å². The van der Waals surface area contributed by atoms with Crippen molar-refractivity contribution in [2.45, 2.75) is 31.6 Å². The van der Waals surface area contributed by atoms with Crippen LogP contribution in [0.25, 0.3) is 10.9 Å². The number of hydrogen-bond acceptors (Lipinski definition) is 1. The molecule has 0 atom stereocenters. The summed E-state index contributed by atoms with van der Waals surface area (Å²) < 4.78 is 2.17. The first kappa shape index (κ1) is 11.3. The maximum Gasteiger partial charge on any atom is 0.304 e. The molecule has 1 aliphatic carbocycles. The number of carboxylic acids is 1. The lowest BCUT2D eigenvalue weighted by Gasteiger charge is -2.13. The van der Waals surface area contributed by atoms with Gasteiger partial charge in [-0.15, -0.1) is 0 Å². The zero-order valence-electron chi connectivity index (χ0n) is 10.7. The van der Waals surface area contributed by atoms with Gasteiger partial charge >= 0.3 is 5.97 Å². The van der Waals surface area contributed by atoms with Crippen molar-refractivity contribution >= 4 is 16.9 Å². The zero-order chi connectivity index (χ0) is 12.9. The summed E-state index contributed by atoms with van der Waals surface area (Å²) in [4.78, 5) is 11.1. The van der Waals surface area contributed by atoms with Crippen LogP contribution in [0.15, 0.2) is 24.3 Å². The summed E-state index contributed by atoms with van der Waals surface area (Å²) in [5, 5.41) is 10.3. The molecule has 18 heavy (non-hydrogen) atoms. The number of carbonyl (C=O) groups is 1. The fourth-order valence-corrected chi connectivity index (χ4v) is 3.15. The van der Waals surface area contributed by atoms with E-state index in [0.29, 0.717) is 0 Å². The minimum absolute atomic E-state index is 0.114. The van der Waals surface area contributed by atoms with Crippen LogP contribution in [-0.4, -0.2) is 15.6 Å². The Morgan fingerprint density at radius 1 is 1.39 bits per heavy atom. The smallest absolute Gasteiger partial charge is 0.304 e. The Morgan fingerprint density at radius 2 is 2.06 bits per heavy atom. The highest BCUT2D eigenvalue weighted by molar-refractivity contribution is 5.88. The molecule has 3 heteroatoms. The van der Waals surface area contributed by atoms with Gasteiger partial charge in [-0.1, -0.05) is 18.2 Å². The number of fused-ring (bicyclic) bond motifs is 1. The summed E-state index contributed by atoms with van der Waals surface area (Å²) in [7, 11) is 2.05. The molecular weight excluding hydrogens is 226 g/mol. The van der Waals surface area contributed by atoms with Crippen molar-refractivity contribution in [3.05, 3.63) is 35.5 Å². The van der Waals surface area contributed by atoms with Crippen LogP contribution in [0.5, 0.6) is 0 Å². The Hall–Kier alpha value is -1.77. The number of nitrogens with zero attached hydrogens (tertiary/aromatic N) is 1. The predicted molar refractivity (Wildman–Crippen MR) is 70.8 cm³/mol. The molecule has 1 aromatic carbocycles. The molecule has 0 amide bonds. The SMILES string of the molecule is Cc1c(C2(CC(=O)O)CC2)c2ccccc2n1C. The van der Waals surface area contributed by atoms with Crippen molar-refractivity contribution < 1.29 is 9.90 Å². The molecule has 1 N–H and O–H groups in total. The van der Waals surface area contributed by atoms with Gasteiger partial charge in [-0.2, -0.15) is 0 Å². The maximum atomic E-state index is 11.1. The molecule has 1 aliphatic rings. The van der Waals surface area contributed by atoms with Crippen LogP contribution in [0.1, 0.15) is 30.5 Å². The summed E-state index contributed by atoms with van der Waals surface area (Å²) in [6.07, 6.45) is 2.24. The topological polar surface area (TPSA) is 42.2 Å². The minimum Gasteiger partial charge on any atom is -0.481 e. The molecule has 1 fully saturated rings. The highest BCUT2D eigenvalue weighted by atomic mass is 16.4. The molecular formula is C15H17NO2. The van der Waals surface area contributed by atoms with Gasteiger partial charge in [0.15, 0.2) is 0 Å². The normalized spacial score (nSPS) is 17.0. The summed E-state index contributed by atoms with van der Waals surface area (Å²) in [6, 6.07) is 8.27. The summed E-state index contributed by atoms with van der Waals surface area (Å²) in [5.41, 5.74) is 3.54. The number of aryl methyl sites for hydroxylation is 1. The number of carboxylic acid groups (broad SMARTS) is 1. The van der Waals surface area contributed by atoms with Gasteiger partial charge in [-0.05, 0) is 31.4 Å². The first-order valence-corrected chi connectivity index (χ1v) is 6.31. The van der Waals surface area contributed by atoms with Gasteiger partial charge in [0, 0.05) is 29.1 Å². The predicted octanol–water partition coefficient (Wildman–Crippen LogP) is 2.99.